The molecule has 1 unspecified atom stereocenters. The van der Waals surface area contributed by atoms with Gasteiger partial charge >= 0.3 is 0 Å². The summed E-state index contributed by atoms with van der Waals surface area (Å²) in [6.45, 7) is 9.27. The number of nitrogens with zero attached hydrogens (tertiary/aromatic N) is 2. The summed E-state index contributed by atoms with van der Waals surface area (Å²) in [4.78, 5) is 7.19. The quantitative estimate of drug-likeness (QED) is 0.358. The first-order valence-electron chi connectivity index (χ1n) is 8.25. The molecule has 1 aliphatic heterocycles. The number of guanidine groups is 1. The highest BCUT2D eigenvalue weighted by Crippen LogP contribution is 2.25. The number of anilines is 1. The van der Waals surface area contributed by atoms with Crippen LogP contribution < -0.4 is 15.5 Å². The van der Waals surface area contributed by atoms with Crippen LogP contribution in [0.2, 0.25) is 0 Å². The van der Waals surface area contributed by atoms with Gasteiger partial charge in [-0.25, -0.2) is 0 Å². The molecule has 1 heterocycles. The Kier molecular flexibility index (Phi) is 9.94. The van der Waals surface area contributed by atoms with Crippen molar-refractivity contribution in [3.63, 3.8) is 0 Å². The van der Waals surface area contributed by atoms with Crippen molar-refractivity contribution in [3.8, 4) is 0 Å². The average molecular weight is 495 g/mol. The lowest BCUT2D eigenvalue weighted by atomic mass is 10.1. The Morgan fingerprint density at radius 1 is 1.26 bits per heavy atom. The lowest BCUT2D eigenvalue weighted by Gasteiger charge is -2.18. The normalized spacial score (nSPS) is 17.8. The molecular formula is C17H28BrIN4. The summed E-state index contributed by atoms with van der Waals surface area (Å²) in [5.41, 5.74) is 1.31. The number of benzene rings is 1. The third-order valence-electron chi connectivity index (χ3n) is 3.87. The van der Waals surface area contributed by atoms with Gasteiger partial charge in [0.05, 0.1) is 0 Å². The molecule has 4 nitrogen and oxygen atoms in total. The predicted octanol–water partition coefficient (Wildman–Crippen LogP) is 3.86. The molecule has 0 amide bonds. The summed E-state index contributed by atoms with van der Waals surface area (Å²) in [6.07, 6.45) is 2.33. The molecule has 23 heavy (non-hydrogen) atoms. The van der Waals surface area contributed by atoms with Gasteiger partial charge in [0, 0.05) is 42.9 Å². The van der Waals surface area contributed by atoms with Crippen molar-refractivity contribution in [3.05, 3.63) is 28.7 Å². The molecule has 1 atom stereocenters. The van der Waals surface area contributed by atoms with Crippen LogP contribution in [-0.4, -0.2) is 38.7 Å². The van der Waals surface area contributed by atoms with E-state index in [1.165, 1.54) is 12.1 Å². The zero-order valence-corrected chi connectivity index (χ0v) is 17.9. The van der Waals surface area contributed by atoms with Crippen LogP contribution in [-0.2, 0) is 0 Å². The van der Waals surface area contributed by atoms with Crippen molar-refractivity contribution in [2.45, 2.75) is 26.7 Å². The highest BCUT2D eigenvalue weighted by Gasteiger charge is 2.22. The van der Waals surface area contributed by atoms with E-state index in [1.807, 2.05) is 0 Å². The van der Waals surface area contributed by atoms with Crippen molar-refractivity contribution >= 4 is 51.6 Å². The Balaban J connectivity index is 0.00000264. The van der Waals surface area contributed by atoms with Gasteiger partial charge in [-0.3, -0.25) is 4.99 Å². The molecule has 0 bridgehead atoms. The molecule has 1 aromatic carbocycles. The SMILES string of the molecule is CCCNC(=NCC1CCN(c2ccc(Br)cc2)C1)NCC.I. The van der Waals surface area contributed by atoms with Gasteiger partial charge in [0.1, 0.15) is 0 Å². The minimum Gasteiger partial charge on any atom is -0.371 e. The van der Waals surface area contributed by atoms with Crippen LogP contribution in [0.5, 0.6) is 0 Å². The van der Waals surface area contributed by atoms with Crippen LogP contribution in [0.25, 0.3) is 0 Å². The van der Waals surface area contributed by atoms with Crippen LogP contribution in [0.1, 0.15) is 26.7 Å². The lowest BCUT2D eigenvalue weighted by molar-refractivity contribution is 0.599. The maximum absolute atomic E-state index is 4.74. The molecule has 2 N–H and O–H groups in total. The molecule has 1 aromatic rings. The Bertz CT molecular complexity index is 478. The molecule has 6 heteroatoms. The van der Waals surface area contributed by atoms with Crippen LogP contribution in [0.15, 0.2) is 33.7 Å². The highest BCUT2D eigenvalue weighted by molar-refractivity contribution is 14.0. The van der Waals surface area contributed by atoms with E-state index in [1.54, 1.807) is 0 Å². The van der Waals surface area contributed by atoms with Gasteiger partial charge in [0.25, 0.3) is 0 Å². The second-order valence-corrected chi connectivity index (χ2v) is 6.64. The summed E-state index contributed by atoms with van der Waals surface area (Å²) in [6, 6.07) is 8.59. The summed E-state index contributed by atoms with van der Waals surface area (Å²) >= 11 is 3.49. The van der Waals surface area contributed by atoms with E-state index in [0.29, 0.717) is 5.92 Å². The Morgan fingerprint density at radius 3 is 2.65 bits per heavy atom. The van der Waals surface area contributed by atoms with Gasteiger partial charge in [-0.15, -0.1) is 24.0 Å². The van der Waals surface area contributed by atoms with E-state index in [2.05, 4.69) is 69.6 Å². The van der Waals surface area contributed by atoms with Crippen molar-refractivity contribution in [1.82, 2.24) is 10.6 Å². The van der Waals surface area contributed by atoms with Crippen LogP contribution in [0.3, 0.4) is 0 Å². The highest BCUT2D eigenvalue weighted by atomic mass is 127. The van der Waals surface area contributed by atoms with E-state index >= 15 is 0 Å². The minimum absolute atomic E-state index is 0. The van der Waals surface area contributed by atoms with E-state index in [9.17, 15) is 0 Å². The maximum Gasteiger partial charge on any atom is 0.191 e. The van der Waals surface area contributed by atoms with E-state index in [0.717, 1.165) is 49.6 Å². The topological polar surface area (TPSA) is 39.7 Å². The van der Waals surface area contributed by atoms with Crippen molar-refractivity contribution in [2.75, 3.05) is 37.6 Å². The molecule has 1 saturated heterocycles. The summed E-state index contributed by atoms with van der Waals surface area (Å²) in [5, 5.41) is 6.67. The van der Waals surface area contributed by atoms with Crippen molar-refractivity contribution in [1.29, 1.82) is 0 Å². The van der Waals surface area contributed by atoms with Gasteiger partial charge in [-0.2, -0.15) is 0 Å². The van der Waals surface area contributed by atoms with E-state index in [-0.39, 0.29) is 24.0 Å². The smallest absolute Gasteiger partial charge is 0.191 e. The maximum atomic E-state index is 4.74. The third-order valence-corrected chi connectivity index (χ3v) is 4.40. The summed E-state index contributed by atoms with van der Waals surface area (Å²) in [7, 11) is 0. The van der Waals surface area contributed by atoms with Gasteiger partial charge in [-0.1, -0.05) is 22.9 Å². The largest absolute Gasteiger partial charge is 0.371 e. The molecule has 0 spiro atoms. The molecule has 0 aromatic heterocycles. The molecule has 0 aliphatic carbocycles. The third kappa shape index (κ3) is 6.87. The van der Waals surface area contributed by atoms with Gasteiger partial charge in [0.2, 0.25) is 0 Å². The molecule has 2 rings (SSSR count). The number of halogens is 2. The van der Waals surface area contributed by atoms with Gasteiger partial charge in [-0.05, 0) is 49.9 Å². The Hall–Kier alpha value is -0.500. The number of nitrogens with one attached hydrogen (secondary N) is 2. The lowest BCUT2D eigenvalue weighted by Crippen LogP contribution is -2.38. The van der Waals surface area contributed by atoms with Crippen molar-refractivity contribution < 1.29 is 0 Å². The second-order valence-electron chi connectivity index (χ2n) is 5.72. The second kappa shape index (κ2) is 11.1. The Morgan fingerprint density at radius 2 is 2.00 bits per heavy atom. The fraction of sp³-hybridized carbons (Fsp3) is 0.588. The Labute approximate surface area is 165 Å². The fourth-order valence-electron chi connectivity index (χ4n) is 2.67. The van der Waals surface area contributed by atoms with E-state index < -0.39 is 0 Å². The van der Waals surface area contributed by atoms with Gasteiger partial charge < -0.3 is 15.5 Å². The first-order valence-corrected chi connectivity index (χ1v) is 9.05. The fourth-order valence-corrected chi connectivity index (χ4v) is 2.94. The number of aliphatic imine (C=N–C) groups is 1. The first kappa shape index (κ1) is 20.5. The monoisotopic (exact) mass is 494 g/mol. The standard InChI is InChI=1S/C17H27BrN4.HI/c1-3-10-20-17(19-4-2)21-12-14-9-11-22(13-14)16-7-5-15(18)6-8-16;/h5-8,14H,3-4,9-13H2,1-2H3,(H2,19,20,21);1H. The van der Waals surface area contributed by atoms with Crippen LogP contribution in [0.4, 0.5) is 5.69 Å². The first-order chi connectivity index (χ1) is 10.7. The number of hydrogen-bond donors (Lipinski definition) is 2. The molecule has 0 radical (unpaired) electrons. The van der Waals surface area contributed by atoms with Crippen LogP contribution >= 0.6 is 39.9 Å². The van der Waals surface area contributed by atoms with E-state index in [4.69, 9.17) is 4.99 Å². The number of rotatable bonds is 6. The average Bonchev–Trinajstić information content (AvgIpc) is 3.00. The van der Waals surface area contributed by atoms with Gasteiger partial charge in [0.15, 0.2) is 5.96 Å². The zero-order valence-electron chi connectivity index (χ0n) is 14.0. The number of hydrogen-bond acceptors (Lipinski definition) is 2. The van der Waals surface area contributed by atoms with Crippen LogP contribution in [0, 0.1) is 5.92 Å². The summed E-state index contributed by atoms with van der Waals surface area (Å²) < 4.78 is 1.13. The summed E-state index contributed by atoms with van der Waals surface area (Å²) in [5.74, 6) is 1.59. The molecule has 130 valence electrons. The molecule has 0 saturated carbocycles. The minimum atomic E-state index is 0. The van der Waals surface area contributed by atoms with Crippen molar-refractivity contribution in [2.24, 2.45) is 10.9 Å². The molecule has 1 fully saturated rings. The molecule has 1 aliphatic rings. The zero-order chi connectivity index (χ0) is 15.8. The molecular weight excluding hydrogens is 467 g/mol. The predicted molar refractivity (Wildman–Crippen MR) is 114 cm³/mol.